The van der Waals surface area contributed by atoms with Crippen LogP contribution in [0, 0.1) is 5.92 Å². The van der Waals surface area contributed by atoms with Gasteiger partial charge in [0.15, 0.2) is 11.5 Å². The van der Waals surface area contributed by atoms with E-state index in [1.54, 1.807) is 18.2 Å². The third-order valence-corrected chi connectivity index (χ3v) is 5.49. The number of hydrogen-bond acceptors (Lipinski definition) is 6. The van der Waals surface area contributed by atoms with Crippen molar-refractivity contribution in [2.75, 3.05) is 13.7 Å². The number of imide groups is 1. The molecule has 4 rings (SSSR count). The number of carbonyl (C=O) groups excluding carboxylic acids is 2. The Kier molecular flexibility index (Phi) is 4.78. The van der Waals surface area contributed by atoms with Gasteiger partial charge in [-0.05, 0) is 30.2 Å². The van der Waals surface area contributed by atoms with Crippen LogP contribution >= 0.6 is 0 Å². The van der Waals surface area contributed by atoms with Crippen LogP contribution in [0.25, 0.3) is 0 Å². The number of amides is 2. The van der Waals surface area contributed by atoms with Crippen LogP contribution in [-0.2, 0) is 16.1 Å². The fraction of sp³-hybridized carbons (Fsp3) is 0.333. The maximum Gasteiger partial charge on any atom is 0.248 e. The van der Waals surface area contributed by atoms with Crippen LogP contribution in [0.2, 0.25) is 0 Å². The molecule has 3 atom stereocenters. The van der Waals surface area contributed by atoms with Gasteiger partial charge in [0, 0.05) is 13.1 Å². The Labute approximate surface area is 163 Å². The number of likely N-dealkylation sites (tertiary alicyclic amines) is 1. The highest BCUT2D eigenvalue weighted by Gasteiger charge is 2.58. The first-order valence-corrected chi connectivity index (χ1v) is 9.34. The third kappa shape index (κ3) is 2.93. The second kappa shape index (κ2) is 7.26. The molecule has 3 unspecified atom stereocenters. The summed E-state index contributed by atoms with van der Waals surface area (Å²) in [5, 5.41) is 11.8. The molecule has 0 radical (unpaired) electrons. The van der Waals surface area contributed by atoms with E-state index < -0.39 is 12.0 Å². The lowest BCUT2D eigenvalue weighted by molar-refractivity contribution is -0.141. The quantitative estimate of drug-likeness (QED) is 0.769. The first-order valence-electron chi connectivity index (χ1n) is 9.34. The fourth-order valence-electron chi connectivity index (χ4n) is 4.13. The van der Waals surface area contributed by atoms with Gasteiger partial charge in [-0.15, -0.1) is 0 Å². The average molecular weight is 381 g/mol. The SMILES string of the molecule is CCN1C(=O)C2C(c3ccc(O)c(OC)c3)NN(Cc3ccccc3)C2C1=O. The molecular weight excluding hydrogens is 358 g/mol. The van der Waals surface area contributed by atoms with Crippen LogP contribution in [0.1, 0.15) is 24.1 Å². The predicted octanol–water partition coefficient (Wildman–Crippen LogP) is 1.84. The maximum absolute atomic E-state index is 13.0. The van der Waals surface area contributed by atoms with Gasteiger partial charge in [-0.25, -0.2) is 10.4 Å². The summed E-state index contributed by atoms with van der Waals surface area (Å²) in [5.41, 5.74) is 5.20. The van der Waals surface area contributed by atoms with Gasteiger partial charge in [-0.3, -0.25) is 14.5 Å². The van der Waals surface area contributed by atoms with Gasteiger partial charge in [0.25, 0.3) is 0 Å². The highest BCUT2D eigenvalue weighted by molar-refractivity contribution is 6.07. The van der Waals surface area contributed by atoms with E-state index in [4.69, 9.17) is 4.74 Å². The number of likely N-dealkylation sites (N-methyl/N-ethyl adjacent to an activating group) is 1. The molecule has 2 heterocycles. The summed E-state index contributed by atoms with van der Waals surface area (Å²) in [6.07, 6.45) is 0. The number of hydrogen-bond donors (Lipinski definition) is 2. The van der Waals surface area contributed by atoms with E-state index in [1.807, 2.05) is 42.3 Å². The van der Waals surface area contributed by atoms with Crippen molar-refractivity contribution in [3.63, 3.8) is 0 Å². The molecule has 0 aromatic heterocycles. The minimum absolute atomic E-state index is 0.0333. The number of aromatic hydroxyl groups is 1. The molecule has 0 aliphatic carbocycles. The Bertz CT molecular complexity index is 902. The van der Waals surface area contributed by atoms with Crippen molar-refractivity contribution >= 4 is 11.8 Å². The number of benzene rings is 2. The van der Waals surface area contributed by atoms with E-state index in [1.165, 1.54) is 12.0 Å². The van der Waals surface area contributed by atoms with Crippen molar-refractivity contribution in [3.8, 4) is 11.5 Å². The van der Waals surface area contributed by atoms with E-state index in [0.29, 0.717) is 18.8 Å². The van der Waals surface area contributed by atoms with E-state index in [2.05, 4.69) is 5.43 Å². The molecule has 7 nitrogen and oxygen atoms in total. The molecule has 2 aliphatic heterocycles. The molecule has 0 bridgehead atoms. The van der Waals surface area contributed by atoms with Crippen molar-refractivity contribution < 1.29 is 19.4 Å². The van der Waals surface area contributed by atoms with Gasteiger partial charge in [-0.2, -0.15) is 0 Å². The molecule has 7 heteroatoms. The van der Waals surface area contributed by atoms with Crippen LogP contribution in [0.15, 0.2) is 48.5 Å². The number of rotatable bonds is 5. The minimum atomic E-state index is -0.558. The summed E-state index contributed by atoms with van der Waals surface area (Å²) in [5.74, 6) is -0.496. The monoisotopic (exact) mass is 381 g/mol. The molecule has 2 N–H and O–H groups in total. The Morgan fingerprint density at radius 2 is 1.86 bits per heavy atom. The van der Waals surface area contributed by atoms with Gasteiger partial charge in [0.05, 0.1) is 19.1 Å². The molecule has 146 valence electrons. The molecule has 28 heavy (non-hydrogen) atoms. The molecular formula is C21H23N3O4. The first kappa shape index (κ1) is 18.5. The maximum atomic E-state index is 13.0. The molecule has 2 aromatic carbocycles. The lowest BCUT2D eigenvalue weighted by Gasteiger charge is -2.24. The van der Waals surface area contributed by atoms with Gasteiger partial charge < -0.3 is 9.84 Å². The van der Waals surface area contributed by atoms with Crippen molar-refractivity contribution in [1.29, 1.82) is 0 Å². The summed E-state index contributed by atoms with van der Waals surface area (Å²) >= 11 is 0. The molecule has 2 aromatic rings. The number of nitrogens with one attached hydrogen (secondary N) is 1. The summed E-state index contributed by atoms with van der Waals surface area (Å²) < 4.78 is 5.22. The molecule has 2 amide bonds. The summed E-state index contributed by atoms with van der Waals surface area (Å²) in [6.45, 7) is 2.67. The highest BCUT2D eigenvalue weighted by Crippen LogP contribution is 2.42. The number of ether oxygens (including phenoxy) is 1. The van der Waals surface area contributed by atoms with E-state index in [-0.39, 0.29) is 23.6 Å². The topological polar surface area (TPSA) is 82.1 Å². The predicted molar refractivity (Wildman–Crippen MR) is 102 cm³/mol. The zero-order chi connectivity index (χ0) is 19.8. The van der Waals surface area contributed by atoms with Crippen LogP contribution in [0.4, 0.5) is 0 Å². The standard InChI is InChI=1S/C21H23N3O4/c1-3-23-20(26)17-18(14-9-10-15(25)16(11-14)28-2)22-24(19(17)21(23)27)12-13-7-5-4-6-8-13/h4-11,17-19,22,25H,3,12H2,1-2H3. The lowest BCUT2D eigenvalue weighted by atomic mass is 9.90. The van der Waals surface area contributed by atoms with E-state index in [0.717, 1.165) is 11.1 Å². The Morgan fingerprint density at radius 3 is 2.54 bits per heavy atom. The number of methoxy groups -OCH3 is 1. The van der Waals surface area contributed by atoms with Crippen LogP contribution in [0.3, 0.4) is 0 Å². The molecule has 2 aliphatic rings. The van der Waals surface area contributed by atoms with Crippen LogP contribution in [0.5, 0.6) is 11.5 Å². The zero-order valence-electron chi connectivity index (χ0n) is 15.8. The molecule has 0 spiro atoms. The zero-order valence-corrected chi connectivity index (χ0v) is 15.8. The van der Waals surface area contributed by atoms with E-state index in [9.17, 15) is 14.7 Å². The second-order valence-corrected chi connectivity index (χ2v) is 7.04. The Morgan fingerprint density at radius 1 is 1.11 bits per heavy atom. The lowest BCUT2D eigenvalue weighted by Crippen LogP contribution is -2.44. The number of phenols is 1. The minimum Gasteiger partial charge on any atom is -0.504 e. The Hall–Kier alpha value is -2.90. The molecule has 2 fully saturated rings. The summed E-state index contributed by atoms with van der Waals surface area (Å²) in [7, 11) is 1.48. The van der Waals surface area contributed by atoms with Gasteiger partial charge >= 0.3 is 0 Å². The van der Waals surface area contributed by atoms with Gasteiger partial charge in [0.2, 0.25) is 11.8 Å². The fourth-order valence-corrected chi connectivity index (χ4v) is 4.13. The number of hydrazine groups is 1. The smallest absolute Gasteiger partial charge is 0.248 e. The van der Waals surface area contributed by atoms with Crippen molar-refractivity contribution in [1.82, 2.24) is 15.3 Å². The first-order chi connectivity index (χ1) is 13.5. The third-order valence-electron chi connectivity index (χ3n) is 5.49. The summed E-state index contributed by atoms with van der Waals surface area (Å²) in [4.78, 5) is 27.3. The van der Waals surface area contributed by atoms with Crippen molar-refractivity contribution in [2.24, 2.45) is 5.92 Å². The largest absolute Gasteiger partial charge is 0.504 e. The van der Waals surface area contributed by atoms with Gasteiger partial charge in [-0.1, -0.05) is 36.4 Å². The Balaban J connectivity index is 1.71. The van der Waals surface area contributed by atoms with E-state index >= 15 is 0 Å². The number of fused-ring (bicyclic) bond motifs is 1. The van der Waals surface area contributed by atoms with Crippen LogP contribution < -0.4 is 10.2 Å². The highest BCUT2D eigenvalue weighted by atomic mass is 16.5. The number of nitrogens with zero attached hydrogens (tertiary/aromatic N) is 2. The normalized spacial score (nSPS) is 24.6. The summed E-state index contributed by atoms with van der Waals surface area (Å²) in [6, 6.07) is 13.9. The molecule has 2 saturated heterocycles. The number of carbonyl (C=O) groups is 2. The van der Waals surface area contributed by atoms with Gasteiger partial charge in [0.1, 0.15) is 6.04 Å². The number of phenolic OH excluding ortho intramolecular Hbond substituents is 1. The van der Waals surface area contributed by atoms with Crippen LogP contribution in [-0.4, -0.2) is 46.5 Å². The van der Waals surface area contributed by atoms with Crippen molar-refractivity contribution in [2.45, 2.75) is 25.6 Å². The second-order valence-electron chi connectivity index (χ2n) is 7.04. The van der Waals surface area contributed by atoms with Crippen molar-refractivity contribution in [3.05, 3.63) is 59.7 Å². The molecule has 0 saturated carbocycles. The average Bonchev–Trinajstić information content (AvgIpc) is 3.19.